The lowest BCUT2D eigenvalue weighted by atomic mass is 10.1. The molecule has 1 aliphatic heterocycles. The summed E-state index contributed by atoms with van der Waals surface area (Å²) in [5.41, 5.74) is 9.04. The van der Waals surface area contributed by atoms with Crippen molar-refractivity contribution in [3.8, 4) is 0 Å². The summed E-state index contributed by atoms with van der Waals surface area (Å²) >= 11 is 1.61. The molecule has 0 unspecified atom stereocenters. The molecular weight excluding hydrogens is 470 g/mol. The quantitative estimate of drug-likeness (QED) is 0.353. The molecule has 0 radical (unpaired) electrons. The molecule has 0 atom stereocenters. The van der Waals surface area contributed by atoms with Crippen molar-refractivity contribution < 1.29 is 9.59 Å². The Morgan fingerprint density at radius 2 is 1.67 bits per heavy atom. The first-order valence-corrected chi connectivity index (χ1v) is 12.2. The van der Waals surface area contributed by atoms with Gasteiger partial charge in [-0.05, 0) is 41.5 Å². The van der Waals surface area contributed by atoms with Gasteiger partial charge in [0.05, 0.1) is 18.7 Å². The van der Waals surface area contributed by atoms with Crippen LogP contribution < -0.4 is 16.2 Å². The van der Waals surface area contributed by atoms with E-state index in [1.54, 1.807) is 36.3 Å². The van der Waals surface area contributed by atoms with Crippen LogP contribution in [-0.2, 0) is 17.8 Å². The molecule has 0 spiro atoms. The number of nitrogens with zero attached hydrogens (tertiary/aromatic N) is 2. The molecule has 4 aromatic rings. The number of nitrogens with one attached hydrogen (secondary N) is 3. The normalized spacial score (nSPS) is 13.1. The van der Waals surface area contributed by atoms with E-state index in [0.29, 0.717) is 12.1 Å². The number of hydrogen-bond donors (Lipinski definition) is 3. The minimum Gasteiger partial charge on any atom is -0.339 e. The number of rotatable bonds is 5. The second kappa shape index (κ2) is 10.9. The number of aromatic nitrogens is 1. The Morgan fingerprint density at radius 1 is 0.861 bits per heavy atom. The molecule has 5 rings (SSSR count). The van der Waals surface area contributed by atoms with E-state index in [-0.39, 0.29) is 12.3 Å². The van der Waals surface area contributed by atoms with Gasteiger partial charge in [-0.2, -0.15) is 0 Å². The lowest BCUT2D eigenvalue weighted by molar-refractivity contribution is -0.121. The highest BCUT2D eigenvalue weighted by atomic mass is 32.2. The van der Waals surface area contributed by atoms with Crippen molar-refractivity contribution in [2.75, 3.05) is 5.32 Å². The van der Waals surface area contributed by atoms with Gasteiger partial charge in [-0.15, -0.1) is 0 Å². The Bertz CT molecular complexity index is 1420. The molecule has 0 aliphatic carbocycles. The van der Waals surface area contributed by atoms with Crippen molar-refractivity contribution in [3.63, 3.8) is 0 Å². The largest absolute Gasteiger partial charge is 0.339 e. The van der Waals surface area contributed by atoms with E-state index in [9.17, 15) is 9.59 Å². The third-order valence-corrected chi connectivity index (χ3v) is 6.67. The average Bonchev–Trinajstić information content (AvgIpc) is 3.07. The molecule has 0 bridgehead atoms. The van der Waals surface area contributed by atoms with Gasteiger partial charge in [-0.3, -0.25) is 30.4 Å². The fourth-order valence-electron chi connectivity index (χ4n) is 3.73. The fourth-order valence-corrected chi connectivity index (χ4v) is 4.75. The van der Waals surface area contributed by atoms with Gasteiger partial charge in [0.1, 0.15) is 5.84 Å². The Labute approximate surface area is 213 Å². The van der Waals surface area contributed by atoms with Crippen LogP contribution in [0.25, 0.3) is 0 Å². The summed E-state index contributed by atoms with van der Waals surface area (Å²) in [7, 11) is 0. The Hall–Kier alpha value is -4.43. The number of pyridine rings is 1. The first-order valence-electron chi connectivity index (χ1n) is 11.4. The highest BCUT2D eigenvalue weighted by Crippen LogP contribution is 2.39. The van der Waals surface area contributed by atoms with Crippen LogP contribution in [0.15, 0.2) is 112 Å². The summed E-state index contributed by atoms with van der Waals surface area (Å²) in [6.07, 6.45) is 3.71. The van der Waals surface area contributed by atoms with E-state index in [1.807, 2.05) is 66.7 Å². The lowest BCUT2D eigenvalue weighted by Gasteiger charge is -2.12. The second-order valence-corrected chi connectivity index (χ2v) is 9.21. The molecule has 0 saturated heterocycles. The lowest BCUT2D eigenvalue weighted by Crippen LogP contribution is -2.42. The summed E-state index contributed by atoms with van der Waals surface area (Å²) < 4.78 is 0. The number of anilines is 1. The van der Waals surface area contributed by atoms with Gasteiger partial charge >= 0.3 is 0 Å². The molecule has 36 heavy (non-hydrogen) atoms. The molecule has 7 nitrogen and oxygen atoms in total. The highest BCUT2D eigenvalue weighted by molar-refractivity contribution is 7.99. The number of carbonyl (C=O) groups is 2. The number of carbonyl (C=O) groups excluding carboxylic acids is 2. The topological polar surface area (TPSA) is 95.5 Å². The van der Waals surface area contributed by atoms with E-state index >= 15 is 0 Å². The maximum atomic E-state index is 12.8. The van der Waals surface area contributed by atoms with Crippen molar-refractivity contribution >= 4 is 35.1 Å². The van der Waals surface area contributed by atoms with Gasteiger partial charge in [0.25, 0.3) is 5.91 Å². The molecule has 1 aliphatic rings. The first-order chi connectivity index (χ1) is 17.7. The molecule has 3 aromatic carbocycles. The molecule has 2 amide bonds. The van der Waals surface area contributed by atoms with Crippen LogP contribution in [0.4, 0.5) is 5.69 Å². The molecule has 2 heterocycles. The number of benzene rings is 3. The molecule has 0 saturated carbocycles. The van der Waals surface area contributed by atoms with Crippen LogP contribution in [0.5, 0.6) is 0 Å². The van der Waals surface area contributed by atoms with E-state index in [4.69, 9.17) is 4.99 Å². The van der Waals surface area contributed by atoms with Crippen LogP contribution in [0.3, 0.4) is 0 Å². The Kier molecular flexibility index (Phi) is 7.05. The van der Waals surface area contributed by atoms with Crippen molar-refractivity contribution in [2.45, 2.75) is 22.8 Å². The molecule has 3 N–H and O–H groups in total. The van der Waals surface area contributed by atoms with Crippen molar-refractivity contribution in [2.24, 2.45) is 4.99 Å². The summed E-state index contributed by atoms with van der Waals surface area (Å²) in [6.45, 7) is 0.470. The number of amidine groups is 1. The molecular formula is C28H23N5O2S. The summed E-state index contributed by atoms with van der Waals surface area (Å²) in [4.78, 5) is 36.0. The Morgan fingerprint density at radius 3 is 2.50 bits per heavy atom. The van der Waals surface area contributed by atoms with Crippen molar-refractivity contribution in [1.82, 2.24) is 15.8 Å². The minimum atomic E-state index is -0.401. The predicted octanol–water partition coefficient (Wildman–Crippen LogP) is 4.61. The molecule has 0 fully saturated rings. The third-order valence-electron chi connectivity index (χ3n) is 5.52. The zero-order valence-electron chi connectivity index (χ0n) is 19.3. The van der Waals surface area contributed by atoms with Crippen LogP contribution in [0.2, 0.25) is 0 Å². The van der Waals surface area contributed by atoms with E-state index in [2.05, 4.69) is 27.2 Å². The number of fused-ring (bicyclic) bond motifs is 2. The standard InChI is InChI=1S/C28H23N5O2S/c34-26(15-19-7-2-1-3-8-19)32-33-28(35)21-12-13-25-23(16-21)31-27(22-10-4-5-11-24(22)36-25)30-18-20-9-6-14-29-17-20/h1-14,16-17H,15,18H2,(H,30,31)(H,32,34)(H,33,35). The second-order valence-electron chi connectivity index (χ2n) is 8.12. The van der Waals surface area contributed by atoms with Crippen LogP contribution in [-0.4, -0.2) is 22.6 Å². The highest BCUT2D eigenvalue weighted by Gasteiger charge is 2.20. The number of amides is 2. The third kappa shape index (κ3) is 5.61. The van der Waals surface area contributed by atoms with E-state index in [0.717, 1.165) is 38.0 Å². The van der Waals surface area contributed by atoms with Gasteiger partial charge in [0, 0.05) is 33.3 Å². The van der Waals surface area contributed by atoms with Gasteiger partial charge in [0.15, 0.2) is 0 Å². The zero-order valence-corrected chi connectivity index (χ0v) is 20.1. The first kappa shape index (κ1) is 23.3. The SMILES string of the molecule is O=C(Cc1ccccc1)NNC(=O)c1ccc2c(c1)NC(=NCc1cccnc1)c1ccccc1S2. The summed E-state index contributed by atoms with van der Waals surface area (Å²) in [5.74, 6) is 0.0225. The molecule has 8 heteroatoms. The maximum absolute atomic E-state index is 12.8. The number of hydrazine groups is 1. The van der Waals surface area contributed by atoms with E-state index in [1.165, 1.54) is 0 Å². The molecule has 178 valence electrons. The Balaban J connectivity index is 1.33. The zero-order chi connectivity index (χ0) is 24.7. The summed E-state index contributed by atoms with van der Waals surface area (Å²) in [5, 5.41) is 3.42. The monoisotopic (exact) mass is 493 g/mol. The minimum absolute atomic E-state index is 0.179. The fraction of sp³-hybridized carbons (Fsp3) is 0.0714. The van der Waals surface area contributed by atoms with Crippen LogP contribution >= 0.6 is 11.8 Å². The molecule has 1 aromatic heterocycles. The number of hydrogen-bond acceptors (Lipinski definition) is 5. The maximum Gasteiger partial charge on any atom is 0.269 e. The van der Waals surface area contributed by atoms with Gasteiger partial charge < -0.3 is 5.32 Å². The predicted molar refractivity (Wildman–Crippen MR) is 141 cm³/mol. The van der Waals surface area contributed by atoms with Gasteiger partial charge in [-0.1, -0.05) is 66.4 Å². The van der Waals surface area contributed by atoms with Crippen LogP contribution in [0.1, 0.15) is 27.0 Å². The van der Waals surface area contributed by atoms with Crippen LogP contribution in [0, 0.1) is 0 Å². The van der Waals surface area contributed by atoms with Gasteiger partial charge in [0.2, 0.25) is 5.91 Å². The average molecular weight is 494 g/mol. The smallest absolute Gasteiger partial charge is 0.269 e. The van der Waals surface area contributed by atoms with E-state index < -0.39 is 5.91 Å². The van der Waals surface area contributed by atoms with Gasteiger partial charge in [-0.25, -0.2) is 0 Å². The van der Waals surface area contributed by atoms with Crippen molar-refractivity contribution in [3.05, 3.63) is 120 Å². The number of aliphatic imine (C=N–C) groups is 1. The summed E-state index contributed by atoms with van der Waals surface area (Å²) in [6, 6.07) is 26.7. The van der Waals surface area contributed by atoms with Crippen molar-refractivity contribution in [1.29, 1.82) is 0 Å².